The fourth-order valence-electron chi connectivity index (χ4n) is 2.10. The van der Waals surface area contributed by atoms with Crippen LogP contribution in [0.4, 0.5) is 5.69 Å². The minimum Gasteiger partial charge on any atom is -0.382 e. The molecule has 0 aromatic heterocycles. The van der Waals surface area contributed by atoms with Crippen molar-refractivity contribution in [3.63, 3.8) is 0 Å². The number of anilines is 1. The zero-order valence-electron chi connectivity index (χ0n) is 12.9. The highest BCUT2D eigenvalue weighted by molar-refractivity contribution is 6.31. The molecule has 1 N–H and O–H groups in total. The summed E-state index contributed by atoms with van der Waals surface area (Å²) in [5.41, 5.74) is 1.49. The van der Waals surface area contributed by atoms with Gasteiger partial charge in [0, 0.05) is 30.8 Å². The van der Waals surface area contributed by atoms with Gasteiger partial charge in [0.1, 0.15) is 0 Å². The highest BCUT2D eigenvalue weighted by atomic mass is 35.5. The van der Waals surface area contributed by atoms with Crippen molar-refractivity contribution in [1.82, 2.24) is 4.90 Å². The molecule has 1 amide bonds. The summed E-state index contributed by atoms with van der Waals surface area (Å²) < 4.78 is 0. The average molecular weight is 297 g/mol. The second-order valence-corrected chi connectivity index (χ2v) is 5.87. The quantitative estimate of drug-likeness (QED) is 0.755. The van der Waals surface area contributed by atoms with Crippen LogP contribution in [0.1, 0.15) is 49.9 Å². The number of carbonyl (C=O) groups is 1. The van der Waals surface area contributed by atoms with Crippen molar-refractivity contribution in [1.29, 1.82) is 0 Å². The maximum atomic E-state index is 12.2. The second kappa shape index (κ2) is 8.15. The summed E-state index contributed by atoms with van der Waals surface area (Å²) in [6.45, 7) is 4.34. The first-order valence-corrected chi connectivity index (χ1v) is 7.61. The van der Waals surface area contributed by atoms with Crippen molar-refractivity contribution < 1.29 is 4.79 Å². The number of amides is 1. The molecular formula is C16H25ClN2O. The molecule has 0 aliphatic heterocycles. The third-order valence-corrected chi connectivity index (χ3v) is 3.50. The zero-order chi connectivity index (χ0) is 15.1. The van der Waals surface area contributed by atoms with Crippen LogP contribution in [0.15, 0.2) is 18.2 Å². The van der Waals surface area contributed by atoms with Crippen LogP contribution in [-0.2, 0) is 0 Å². The third-order valence-electron chi connectivity index (χ3n) is 3.26. The minimum atomic E-state index is -0.00933. The van der Waals surface area contributed by atoms with Crippen molar-refractivity contribution in [3.05, 3.63) is 28.8 Å². The van der Waals surface area contributed by atoms with E-state index in [4.69, 9.17) is 11.6 Å². The van der Waals surface area contributed by atoms with Crippen LogP contribution in [0.3, 0.4) is 0 Å². The molecule has 0 saturated heterocycles. The van der Waals surface area contributed by atoms with E-state index in [2.05, 4.69) is 19.2 Å². The minimum absolute atomic E-state index is 0.00933. The van der Waals surface area contributed by atoms with Gasteiger partial charge in [0.15, 0.2) is 0 Å². The number of hydrogen-bond donors (Lipinski definition) is 1. The van der Waals surface area contributed by atoms with Gasteiger partial charge in [-0.05, 0) is 31.5 Å². The van der Waals surface area contributed by atoms with Gasteiger partial charge >= 0.3 is 0 Å². The first-order chi connectivity index (χ1) is 9.45. The number of nitrogens with one attached hydrogen (secondary N) is 1. The molecule has 4 heteroatoms. The lowest BCUT2D eigenvalue weighted by Crippen LogP contribution is -2.24. The molecule has 0 bridgehead atoms. The Morgan fingerprint density at radius 2 is 2.05 bits per heavy atom. The highest BCUT2D eigenvalue weighted by Crippen LogP contribution is 2.23. The number of nitrogens with zero attached hydrogens (tertiary/aromatic N) is 1. The van der Waals surface area contributed by atoms with Crippen LogP contribution in [-0.4, -0.2) is 30.9 Å². The van der Waals surface area contributed by atoms with Gasteiger partial charge in [-0.25, -0.2) is 0 Å². The fourth-order valence-corrected chi connectivity index (χ4v) is 2.27. The van der Waals surface area contributed by atoms with Gasteiger partial charge < -0.3 is 10.2 Å². The van der Waals surface area contributed by atoms with E-state index in [0.717, 1.165) is 12.1 Å². The average Bonchev–Trinajstić information content (AvgIpc) is 2.38. The Morgan fingerprint density at radius 1 is 1.35 bits per heavy atom. The fraction of sp³-hybridized carbons (Fsp3) is 0.562. The number of benzene rings is 1. The second-order valence-electron chi connectivity index (χ2n) is 5.43. The number of halogens is 1. The van der Waals surface area contributed by atoms with E-state index in [1.54, 1.807) is 31.1 Å². The standard InChI is InChI=1S/C16H25ClN2O/c1-5-6-7-8-12(2)18-15-11-13(17)9-10-14(15)16(20)19(3)4/h9-12,18H,5-8H2,1-4H3. The largest absolute Gasteiger partial charge is 0.382 e. The van der Waals surface area contributed by atoms with E-state index in [1.807, 2.05) is 6.07 Å². The molecule has 0 aliphatic rings. The lowest BCUT2D eigenvalue weighted by molar-refractivity contribution is 0.0828. The van der Waals surface area contributed by atoms with Crippen molar-refractivity contribution in [2.45, 2.75) is 45.6 Å². The van der Waals surface area contributed by atoms with Gasteiger partial charge in [-0.15, -0.1) is 0 Å². The predicted molar refractivity (Wildman–Crippen MR) is 86.7 cm³/mol. The molecule has 1 rings (SSSR count). The number of hydrogen-bond acceptors (Lipinski definition) is 2. The van der Waals surface area contributed by atoms with E-state index in [0.29, 0.717) is 16.6 Å². The van der Waals surface area contributed by atoms with Crippen LogP contribution >= 0.6 is 11.6 Å². The molecule has 1 unspecified atom stereocenters. The van der Waals surface area contributed by atoms with E-state index in [1.165, 1.54) is 19.3 Å². The molecule has 0 fully saturated rings. The molecule has 0 radical (unpaired) electrons. The maximum Gasteiger partial charge on any atom is 0.255 e. The first-order valence-electron chi connectivity index (χ1n) is 7.23. The van der Waals surface area contributed by atoms with Gasteiger partial charge in [-0.3, -0.25) is 4.79 Å². The predicted octanol–water partition coefficient (Wildman–Crippen LogP) is 4.42. The van der Waals surface area contributed by atoms with Crippen molar-refractivity contribution in [2.24, 2.45) is 0 Å². The summed E-state index contributed by atoms with van der Waals surface area (Å²) in [4.78, 5) is 13.7. The van der Waals surface area contributed by atoms with Crippen LogP contribution in [0.25, 0.3) is 0 Å². The van der Waals surface area contributed by atoms with Crippen LogP contribution in [0, 0.1) is 0 Å². The summed E-state index contributed by atoms with van der Waals surface area (Å²) in [7, 11) is 3.51. The Morgan fingerprint density at radius 3 is 2.65 bits per heavy atom. The van der Waals surface area contributed by atoms with Gasteiger partial charge in [-0.1, -0.05) is 37.8 Å². The topological polar surface area (TPSA) is 32.3 Å². The lowest BCUT2D eigenvalue weighted by atomic mass is 10.1. The van der Waals surface area contributed by atoms with Crippen LogP contribution in [0.2, 0.25) is 5.02 Å². The highest BCUT2D eigenvalue weighted by Gasteiger charge is 2.15. The Bertz CT molecular complexity index is 446. The Labute approximate surface area is 127 Å². The van der Waals surface area contributed by atoms with Crippen LogP contribution < -0.4 is 5.32 Å². The molecule has 0 aliphatic carbocycles. The third kappa shape index (κ3) is 5.04. The molecule has 112 valence electrons. The van der Waals surface area contributed by atoms with Crippen molar-refractivity contribution in [3.8, 4) is 0 Å². The molecule has 0 spiro atoms. The van der Waals surface area contributed by atoms with Crippen molar-refractivity contribution >= 4 is 23.2 Å². The molecule has 0 saturated carbocycles. The summed E-state index contributed by atoms with van der Waals surface area (Å²) in [5, 5.41) is 4.06. The molecule has 1 atom stereocenters. The summed E-state index contributed by atoms with van der Waals surface area (Å²) in [5.74, 6) is -0.00933. The van der Waals surface area contributed by atoms with E-state index in [-0.39, 0.29) is 5.91 Å². The Balaban J connectivity index is 2.81. The number of carbonyl (C=O) groups excluding carboxylic acids is 1. The van der Waals surface area contributed by atoms with Crippen LogP contribution in [0.5, 0.6) is 0 Å². The SMILES string of the molecule is CCCCCC(C)Nc1cc(Cl)ccc1C(=O)N(C)C. The number of unbranched alkanes of at least 4 members (excludes halogenated alkanes) is 2. The molecule has 1 aromatic carbocycles. The van der Waals surface area contributed by atoms with E-state index in [9.17, 15) is 4.79 Å². The normalized spacial score (nSPS) is 12.1. The molecular weight excluding hydrogens is 272 g/mol. The molecule has 3 nitrogen and oxygen atoms in total. The first kappa shape index (κ1) is 16.8. The van der Waals surface area contributed by atoms with E-state index >= 15 is 0 Å². The smallest absolute Gasteiger partial charge is 0.255 e. The Hall–Kier alpha value is -1.22. The summed E-state index contributed by atoms with van der Waals surface area (Å²) in [6.07, 6.45) is 4.75. The monoisotopic (exact) mass is 296 g/mol. The summed E-state index contributed by atoms with van der Waals surface area (Å²) in [6, 6.07) is 5.69. The molecule has 20 heavy (non-hydrogen) atoms. The number of rotatable bonds is 7. The zero-order valence-corrected chi connectivity index (χ0v) is 13.6. The van der Waals surface area contributed by atoms with Gasteiger partial charge in [0.05, 0.1) is 5.56 Å². The van der Waals surface area contributed by atoms with Gasteiger partial charge in [0.25, 0.3) is 5.91 Å². The van der Waals surface area contributed by atoms with E-state index < -0.39 is 0 Å². The Kier molecular flexibility index (Phi) is 6.86. The van der Waals surface area contributed by atoms with Gasteiger partial charge in [-0.2, -0.15) is 0 Å². The van der Waals surface area contributed by atoms with Gasteiger partial charge in [0.2, 0.25) is 0 Å². The maximum absolute atomic E-state index is 12.2. The lowest BCUT2D eigenvalue weighted by Gasteiger charge is -2.19. The van der Waals surface area contributed by atoms with Crippen molar-refractivity contribution in [2.75, 3.05) is 19.4 Å². The molecule has 0 heterocycles. The molecule has 1 aromatic rings. The summed E-state index contributed by atoms with van der Waals surface area (Å²) >= 11 is 6.05.